The molecule has 1 aliphatic heterocycles. The first kappa shape index (κ1) is 15.9. The summed E-state index contributed by atoms with van der Waals surface area (Å²) in [5.74, 6) is -0.537. The predicted molar refractivity (Wildman–Crippen MR) is 106 cm³/mol. The van der Waals surface area contributed by atoms with Crippen LogP contribution >= 0.6 is 0 Å². The molecule has 0 bridgehead atoms. The van der Waals surface area contributed by atoms with Crippen molar-refractivity contribution in [2.75, 3.05) is 9.80 Å². The van der Waals surface area contributed by atoms with Crippen LogP contribution in [0.2, 0.25) is 0 Å². The normalized spacial score (nSPS) is 16.8. The zero-order valence-corrected chi connectivity index (χ0v) is 15.1. The van der Waals surface area contributed by atoms with E-state index in [1.807, 2.05) is 24.3 Å². The standard InChI is InChI=1S/C22H18FN3O/c1-14-8-9-17-18-10-11-19(23)24-22(18)27-21(17)20(14)26-13-12-25(15(26)2)16-6-4-3-5-7-16/h3-13,15H,1-2H3/t15-/m0/s1. The van der Waals surface area contributed by atoms with E-state index >= 15 is 0 Å². The highest BCUT2D eigenvalue weighted by atomic mass is 19.1. The minimum atomic E-state index is -0.537. The van der Waals surface area contributed by atoms with Gasteiger partial charge < -0.3 is 14.2 Å². The topological polar surface area (TPSA) is 32.5 Å². The van der Waals surface area contributed by atoms with Crippen LogP contribution in [0.15, 0.2) is 71.4 Å². The van der Waals surface area contributed by atoms with Crippen LogP contribution in [0.25, 0.3) is 22.1 Å². The summed E-state index contributed by atoms with van der Waals surface area (Å²) in [6.07, 6.45) is 4.20. The first-order valence-corrected chi connectivity index (χ1v) is 8.92. The number of hydrogen-bond donors (Lipinski definition) is 0. The van der Waals surface area contributed by atoms with E-state index in [9.17, 15) is 4.39 Å². The summed E-state index contributed by atoms with van der Waals surface area (Å²) in [6.45, 7) is 4.20. The maximum absolute atomic E-state index is 13.5. The molecule has 0 spiro atoms. The van der Waals surface area contributed by atoms with Gasteiger partial charge in [0.2, 0.25) is 11.7 Å². The smallest absolute Gasteiger partial charge is 0.230 e. The van der Waals surface area contributed by atoms with Crippen molar-refractivity contribution in [3.05, 3.63) is 78.5 Å². The Kier molecular flexibility index (Phi) is 3.44. The molecule has 0 saturated heterocycles. The second kappa shape index (κ2) is 5.84. The van der Waals surface area contributed by atoms with Gasteiger partial charge in [0.15, 0.2) is 5.58 Å². The molecule has 0 N–H and O–H groups in total. The monoisotopic (exact) mass is 359 g/mol. The second-order valence-electron chi connectivity index (χ2n) is 6.78. The van der Waals surface area contributed by atoms with Gasteiger partial charge in [-0.2, -0.15) is 9.37 Å². The van der Waals surface area contributed by atoms with E-state index in [0.717, 1.165) is 33.3 Å². The van der Waals surface area contributed by atoms with Crippen molar-refractivity contribution in [3.63, 3.8) is 0 Å². The van der Waals surface area contributed by atoms with Crippen LogP contribution in [0.4, 0.5) is 15.8 Å². The van der Waals surface area contributed by atoms with E-state index in [1.165, 1.54) is 6.07 Å². The summed E-state index contributed by atoms with van der Waals surface area (Å²) in [4.78, 5) is 8.30. The summed E-state index contributed by atoms with van der Waals surface area (Å²) in [7, 11) is 0. The number of rotatable bonds is 2. The van der Waals surface area contributed by atoms with E-state index < -0.39 is 5.95 Å². The summed E-state index contributed by atoms with van der Waals surface area (Å²) >= 11 is 0. The second-order valence-corrected chi connectivity index (χ2v) is 6.78. The van der Waals surface area contributed by atoms with Gasteiger partial charge in [-0.3, -0.25) is 0 Å². The number of anilines is 2. The molecule has 2 aromatic carbocycles. The molecule has 1 atom stereocenters. The molecule has 27 heavy (non-hydrogen) atoms. The number of nitrogens with zero attached hydrogens (tertiary/aromatic N) is 3. The van der Waals surface area contributed by atoms with E-state index in [4.69, 9.17) is 4.42 Å². The van der Waals surface area contributed by atoms with Gasteiger partial charge in [0.05, 0.1) is 5.69 Å². The fraction of sp³-hybridized carbons (Fsp3) is 0.136. The van der Waals surface area contributed by atoms with Gasteiger partial charge in [-0.15, -0.1) is 0 Å². The molecule has 134 valence electrons. The lowest BCUT2D eigenvalue weighted by molar-refractivity contribution is 0.569. The van der Waals surface area contributed by atoms with Crippen molar-refractivity contribution in [2.45, 2.75) is 20.0 Å². The van der Waals surface area contributed by atoms with Gasteiger partial charge in [-0.05, 0) is 43.7 Å². The number of aryl methyl sites for hydroxylation is 1. The van der Waals surface area contributed by atoms with Gasteiger partial charge in [0.25, 0.3) is 0 Å². The van der Waals surface area contributed by atoms with Crippen LogP contribution in [0, 0.1) is 12.9 Å². The quantitative estimate of drug-likeness (QED) is 0.438. The van der Waals surface area contributed by atoms with Crippen molar-refractivity contribution >= 4 is 33.4 Å². The molecule has 0 fully saturated rings. The van der Waals surface area contributed by atoms with Gasteiger partial charge in [-0.25, -0.2) is 0 Å². The maximum atomic E-state index is 13.5. The molecule has 0 amide bonds. The summed E-state index contributed by atoms with van der Waals surface area (Å²) in [5, 5.41) is 1.76. The predicted octanol–water partition coefficient (Wildman–Crippen LogP) is 5.57. The van der Waals surface area contributed by atoms with Crippen molar-refractivity contribution in [1.82, 2.24) is 4.98 Å². The van der Waals surface area contributed by atoms with Crippen molar-refractivity contribution in [2.24, 2.45) is 0 Å². The molecule has 3 heterocycles. The molecule has 0 unspecified atom stereocenters. The number of halogens is 1. The van der Waals surface area contributed by atoms with Crippen LogP contribution < -0.4 is 9.80 Å². The summed E-state index contributed by atoms with van der Waals surface area (Å²) < 4.78 is 19.5. The fourth-order valence-corrected chi connectivity index (χ4v) is 3.79. The number of benzene rings is 2. The Morgan fingerprint density at radius 2 is 1.67 bits per heavy atom. The summed E-state index contributed by atoms with van der Waals surface area (Å²) in [6, 6.07) is 17.4. The Morgan fingerprint density at radius 3 is 2.48 bits per heavy atom. The third-order valence-electron chi connectivity index (χ3n) is 5.15. The molecule has 0 aliphatic carbocycles. The third-order valence-corrected chi connectivity index (χ3v) is 5.15. The number of hydrogen-bond acceptors (Lipinski definition) is 4. The van der Waals surface area contributed by atoms with Crippen molar-refractivity contribution < 1.29 is 8.81 Å². The molecule has 5 rings (SSSR count). The molecular weight excluding hydrogens is 341 g/mol. The number of furan rings is 1. The Labute approximate surface area is 156 Å². The molecule has 0 saturated carbocycles. The Balaban J connectivity index is 1.66. The third kappa shape index (κ3) is 2.39. The Hall–Kier alpha value is -3.34. The molecule has 1 aliphatic rings. The van der Waals surface area contributed by atoms with E-state index in [1.54, 1.807) is 6.07 Å². The van der Waals surface area contributed by atoms with Crippen LogP contribution in [0.3, 0.4) is 0 Å². The lowest BCUT2D eigenvalue weighted by atomic mass is 10.1. The Morgan fingerprint density at radius 1 is 0.926 bits per heavy atom. The van der Waals surface area contributed by atoms with Gasteiger partial charge in [-0.1, -0.05) is 30.3 Å². The number of aromatic nitrogens is 1. The lowest BCUT2D eigenvalue weighted by Crippen LogP contribution is -2.36. The minimum absolute atomic E-state index is 0.0783. The number of fused-ring (bicyclic) bond motifs is 3. The number of pyridine rings is 1. The molecular formula is C22H18FN3O. The van der Waals surface area contributed by atoms with Crippen LogP contribution in [0.1, 0.15) is 12.5 Å². The fourth-order valence-electron chi connectivity index (χ4n) is 3.79. The van der Waals surface area contributed by atoms with Crippen LogP contribution in [0.5, 0.6) is 0 Å². The molecule has 5 heteroatoms. The van der Waals surface area contributed by atoms with Crippen molar-refractivity contribution in [3.8, 4) is 0 Å². The molecule has 4 aromatic rings. The highest BCUT2D eigenvalue weighted by Crippen LogP contribution is 2.40. The highest BCUT2D eigenvalue weighted by molar-refractivity contribution is 6.08. The average Bonchev–Trinajstić information content (AvgIpc) is 3.22. The Bertz CT molecular complexity index is 1180. The SMILES string of the molecule is Cc1ccc2c(oc3nc(F)ccc32)c1N1C=CN(c2ccccc2)[C@@H]1C. The largest absolute Gasteiger partial charge is 0.435 e. The number of para-hydroxylation sites is 1. The van der Waals surface area contributed by atoms with Gasteiger partial charge in [0.1, 0.15) is 6.17 Å². The molecule has 0 radical (unpaired) electrons. The van der Waals surface area contributed by atoms with Crippen LogP contribution in [-0.4, -0.2) is 11.1 Å². The van der Waals surface area contributed by atoms with E-state index in [2.05, 4.69) is 59.2 Å². The molecule has 2 aromatic heterocycles. The van der Waals surface area contributed by atoms with E-state index in [0.29, 0.717) is 5.71 Å². The summed E-state index contributed by atoms with van der Waals surface area (Å²) in [5.41, 5.74) is 4.26. The van der Waals surface area contributed by atoms with Crippen molar-refractivity contribution in [1.29, 1.82) is 0 Å². The zero-order chi connectivity index (χ0) is 18.5. The first-order valence-electron chi connectivity index (χ1n) is 8.92. The van der Waals surface area contributed by atoms with Gasteiger partial charge in [0, 0.05) is 28.9 Å². The zero-order valence-electron chi connectivity index (χ0n) is 15.1. The lowest BCUT2D eigenvalue weighted by Gasteiger charge is -2.30. The highest BCUT2D eigenvalue weighted by Gasteiger charge is 2.28. The first-order chi connectivity index (χ1) is 13.1. The van der Waals surface area contributed by atoms with E-state index in [-0.39, 0.29) is 6.17 Å². The minimum Gasteiger partial charge on any atom is -0.435 e. The average molecular weight is 359 g/mol. The van der Waals surface area contributed by atoms with Crippen LogP contribution in [-0.2, 0) is 0 Å². The maximum Gasteiger partial charge on any atom is 0.230 e. The van der Waals surface area contributed by atoms with Gasteiger partial charge >= 0.3 is 0 Å². The molecule has 4 nitrogen and oxygen atoms in total.